The first kappa shape index (κ1) is 19.8. The molecular formula is C19H27N4O3S+. The average Bonchev–Trinajstić information content (AvgIpc) is 2.69. The fraction of sp³-hybridized carbons (Fsp3) is 0.579. The van der Waals surface area contributed by atoms with Crippen LogP contribution in [0.3, 0.4) is 0 Å². The van der Waals surface area contributed by atoms with E-state index in [9.17, 15) is 18.5 Å². The number of likely N-dealkylation sites (tertiary alicyclic amines) is 1. The number of nitriles is 1. The molecule has 27 heavy (non-hydrogen) atoms. The molecule has 2 atom stereocenters. The first-order valence-corrected chi connectivity index (χ1v) is 11.0. The second kappa shape index (κ2) is 8.38. The number of benzene rings is 1. The van der Waals surface area contributed by atoms with Gasteiger partial charge in [-0.25, -0.2) is 8.42 Å². The summed E-state index contributed by atoms with van der Waals surface area (Å²) in [4.78, 5) is 15.8. The van der Waals surface area contributed by atoms with E-state index in [0.29, 0.717) is 25.7 Å². The number of piperidine rings is 1. The van der Waals surface area contributed by atoms with Crippen molar-refractivity contribution in [2.75, 3.05) is 39.3 Å². The normalized spacial score (nSPS) is 24.4. The second-order valence-corrected chi connectivity index (χ2v) is 9.28. The Balaban J connectivity index is 1.61. The van der Waals surface area contributed by atoms with Gasteiger partial charge < -0.3 is 9.80 Å². The second-order valence-electron chi connectivity index (χ2n) is 7.37. The van der Waals surface area contributed by atoms with Crippen LogP contribution in [-0.4, -0.2) is 68.8 Å². The maximum absolute atomic E-state index is 12.9. The van der Waals surface area contributed by atoms with Gasteiger partial charge in [-0.15, -0.1) is 0 Å². The van der Waals surface area contributed by atoms with Gasteiger partial charge in [-0.1, -0.05) is 12.1 Å². The smallest absolute Gasteiger partial charge is 0.277 e. The summed E-state index contributed by atoms with van der Waals surface area (Å²) >= 11 is 0. The zero-order chi connectivity index (χ0) is 19.4. The van der Waals surface area contributed by atoms with Crippen molar-refractivity contribution in [3.63, 3.8) is 0 Å². The highest BCUT2D eigenvalue weighted by Crippen LogP contribution is 2.21. The number of carbonyl (C=O) groups excluding carboxylic acids is 1. The van der Waals surface area contributed by atoms with Crippen LogP contribution in [0.4, 0.5) is 0 Å². The minimum atomic E-state index is -3.72. The van der Waals surface area contributed by atoms with Crippen molar-refractivity contribution in [2.24, 2.45) is 0 Å². The van der Waals surface area contributed by atoms with Crippen molar-refractivity contribution in [1.82, 2.24) is 9.21 Å². The van der Waals surface area contributed by atoms with Gasteiger partial charge >= 0.3 is 0 Å². The molecule has 0 bridgehead atoms. The molecule has 0 aromatic heterocycles. The molecule has 2 fully saturated rings. The fourth-order valence-electron chi connectivity index (χ4n) is 3.92. The number of piperazine rings is 1. The Hall–Kier alpha value is -1.95. The summed E-state index contributed by atoms with van der Waals surface area (Å²) in [5.41, 5.74) is 0.152. The van der Waals surface area contributed by atoms with Crippen molar-refractivity contribution in [3.05, 3.63) is 29.8 Å². The monoisotopic (exact) mass is 391 g/mol. The lowest BCUT2D eigenvalue weighted by Gasteiger charge is -2.36. The van der Waals surface area contributed by atoms with Crippen molar-refractivity contribution in [3.8, 4) is 6.07 Å². The maximum Gasteiger partial charge on any atom is 0.277 e. The predicted octanol–water partition coefficient (Wildman–Crippen LogP) is -0.152. The Labute approximate surface area is 161 Å². The number of hydrogen-bond acceptors (Lipinski definition) is 4. The standard InChI is InChI=1S/C19H26N4O3S/c1-16-6-4-5-9-22(16)15-19(24)21-10-12-23(13-11-21)27(25,26)18-8-3-2-7-17(18)14-20/h2-3,7-8,16H,4-6,9-13,15H2,1H3/p+1/t16-/m1/s1. The number of quaternary nitrogens is 1. The van der Waals surface area contributed by atoms with Gasteiger partial charge in [0, 0.05) is 26.2 Å². The fourth-order valence-corrected chi connectivity index (χ4v) is 5.49. The van der Waals surface area contributed by atoms with Gasteiger partial charge in [0.15, 0.2) is 6.54 Å². The topological polar surface area (TPSA) is 85.9 Å². The quantitative estimate of drug-likeness (QED) is 0.773. The summed E-state index contributed by atoms with van der Waals surface area (Å²) in [5.74, 6) is 0.105. The van der Waals surface area contributed by atoms with Crippen LogP contribution in [0.2, 0.25) is 0 Å². The lowest BCUT2D eigenvalue weighted by atomic mass is 10.0. The van der Waals surface area contributed by atoms with Crippen LogP contribution < -0.4 is 4.90 Å². The van der Waals surface area contributed by atoms with Crippen LogP contribution in [0, 0.1) is 11.3 Å². The van der Waals surface area contributed by atoms with Gasteiger partial charge in [0.1, 0.15) is 6.07 Å². The van der Waals surface area contributed by atoms with Crippen LogP contribution >= 0.6 is 0 Å². The molecule has 0 aliphatic carbocycles. The van der Waals surface area contributed by atoms with E-state index in [1.807, 2.05) is 6.07 Å². The molecule has 0 saturated carbocycles. The first-order valence-electron chi connectivity index (χ1n) is 9.55. The molecule has 2 aliphatic heterocycles. The lowest BCUT2D eigenvalue weighted by Crippen LogP contribution is -3.17. The third kappa shape index (κ3) is 4.32. The molecule has 7 nitrogen and oxygen atoms in total. The van der Waals surface area contributed by atoms with E-state index >= 15 is 0 Å². The Morgan fingerprint density at radius 2 is 1.93 bits per heavy atom. The molecule has 2 saturated heterocycles. The molecule has 8 heteroatoms. The molecule has 0 spiro atoms. The van der Waals surface area contributed by atoms with E-state index in [2.05, 4.69) is 6.92 Å². The third-order valence-electron chi connectivity index (χ3n) is 5.68. The molecule has 0 radical (unpaired) electrons. The molecule has 146 valence electrons. The van der Waals surface area contributed by atoms with Gasteiger partial charge in [0.25, 0.3) is 5.91 Å². The maximum atomic E-state index is 12.9. The van der Waals surface area contributed by atoms with E-state index in [1.165, 1.54) is 27.8 Å². The van der Waals surface area contributed by atoms with Gasteiger partial charge in [-0.2, -0.15) is 9.57 Å². The molecule has 1 N–H and O–H groups in total. The highest BCUT2D eigenvalue weighted by molar-refractivity contribution is 7.89. The highest BCUT2D eigenvalue weighted by Gasteiger charge is 2.33. The summed E-state index contributed by atoms with van der Waals surface area (Å²) in [6, 6.07) is 8.70. The molecule has 1 aromatic rings. The molecule has 2 aliphatic rings. The zero-order valence-electron chi connectivity index (χ0n) is 15.7. The van der Waals surface area contributed by atoms with Crippen LogP contribution in [0.25, 0.3) is 0 Å². The number of hydrogen-bond donors (Lipinski definition) is 1. The number of nitrogens with zero attached hydrogens (tertiary/aromatic N) is 3. The summed E-state index contributed by atoms with van der Waals surface area (Å²) in [6.07, 6.45) is 3.56. The number of rotatable bonds is 4. The van der Waals surface area contributed by atoms with Crippen LogP contribution in [0.1, 0.15) is 31.7 Å². The highest BCUT2D eigenvalue weighted by atomic mass is 32.2. The van der Waals surface area contributed by atoms with Gasteiger partial charge in [0.05, 0.1) is 23.0 Å². The minimum Gasteiger partial charge on any atom is -0.335 e. The van der Waals surface area contributed by atoms with Crippen LogP contribution in [0.5, 0.6) is 0 Å². The summed E-state index contributed by atoms with van der Waals surface area (Å²) in [5, 5.41) is 9.18. The summed E-state index contributed by atoms with van der Waals surface area (Å²) in [6.45, 7) is 5.04. The van der Waals surface area contributed by atoms with Gasteiger partial charge in [-0.05, 0) is 38.3 Å². The van der Waals surface area contributed by atoms with Crippen molar-refractivity contribution < 1.29 is 18.1 Å². The SMILES string of the molecule is C[C@@H]1CCCC[NH+]1CC(=O)N1CCN(S(=O)(=O)c2ccccc2C#N)CC1. The lowest BCUT2D eigenvalue weighted by molar-refractivity contribution is -0.921. The number of amides is 1. The first-order chi connectivity index (χ1) is 12.9. The zero-order valence-corrected chi connectivity index (χ0v) is 16.5. The van der Waals surface area contributed by atoms with E-state index < -0.39 is 10.0 Å². The Kier molecular flexibility index (Phi) is 6.15. The number of nitrogens with one attached hydrogen (secondary N) is 1. The Morgan fingerprint density at radius 1 is 1.22 bits per heavy atom. The molecular weight excluding hydrogens is 364 g/mol. The van der Waals surface area contributed by atoms with E-state index in [4.69, 9.17) is 0 Å². The Morgan fingerprint density at radius 3 is 2.59 bits per heavy atom. The third-order valence-corrected chi connectivity index (χ3v) is 7.63. The molecule has 1 unspecified atom stereocenters. The minimum absolute atomic E-state index is 0.0406. The molecule has 3 rings (SSSR count). The van der Waals surface area contributed by atoms with Crippen molar-refractivity contribution in [2.45, 2.75) is 37.1 Å². The summed E-state index contributed by atoms with van der Waals surface area (Å²) in [7, 11) is -3.72. The van der Waals surface area contributed by atoms with Crippen LogP contribution in [-0.2, 0) is 14.8 Å². The van der Waals surface area contributed by atoms with Gasteiger partial charge in [0.2, 0.25) is 10.0 Å². The molecule has 1 amide bonds. The number of carbonyl (C=O) groups is 1. The van der Waals surface area contributed by atoms with E-state index in [1.54, 1.807) is 17.0 Å². The average molecular weight is 392 g/mol. The van der Waals surface area contributed by atoms with Crippen molar-refractivity contribution in [1.29, 1.82) is 5.26 Å². The van der Waals surface area contributed by atoms with Gasteiger partial charge in [-0.3, -0.25) is 4.79 Å². The van der Waals surface area contributed by atoms with Crippen molar-refractivity contribution >= 4 is 15.9 Å². The number of sulfonamides is 1. The molecule has 1 aromatic carbocycles. The largest absolute Gasteiger partial charge is 0.335 e. The van der Waals surface area contributed by atoms with E-state index in [-0.39, 0.29) is 29.5 Å². The summed E-state index contributed by atoms with van der Waals surface area (Å²) < 4.78 is 27.1. The predicted molar refractivity (Wildman–Crippen MR) is 101 cm³/mol. The van der Waals surface area contributed by atoms with Crippen LogP contribution in [0.15, 0.2) is 29.2 Å². The van der Waals surface area contributed by atoms with E-state index in [0.717, 1.165) is 19.4 Å². The molecule has 2 heterocycles. The Bertz CT molecular complexity index is 826.